The van der Waals surface area contributed by atoms with E-state index in [9.17, 15) is 12.8 Å². The van der Waals surface area contributed by atoms with Crippen molar-refractivity contribution in [2.24, 2.45) is 5.92 Å². The van der Waals surface area contributed by atoms with Crippen molar-refractivity contribution in [2.75, 3.05) is 13.1 Å². The van der Waals surface area contributed by atoms with Crippen LogP contribution in [-0.4, -0.2) is 27.5 Å². The molecule has 1 aromatic rings. The lowest BCUT2D eigenvalue weighted by Gasteiger charge is -2.30. The van der Waals surface area contributed by atoms with E-state index in [-0.39, 0.29) is 16.9 Å². The minimum absolute atomic E-state index is 0.127. The number of piperidine rings is 1. The monoisotopic (exact) mass is 300 g/mol. The standard InChI is InChI=1S/C14H21FN2O2S/c1-9-4-5-16-8-13(9)17-20(18,19)14-10(2)6-12(15)7-11(14)3/h6-7,9,13,16-17H,4-5,8H2,1-3H3. The Morgan fingerprint density at radius 3 is 2.45 bits per heavy atom. The van der Waals surface area contributed by atoms with Crippen LogP contribution in [0.5, 0.6) is 0 Å². The van der Waals surface area contributed by atoms with Gasteiger partial charge in [-0.2, -0.15) is 0 Å². The summed E-state index contributed by atoms with van der Waals surface area (Å²) >= 11 is 0. The van der Waals surface area contributed by atoms with Crippen LogP contribution in [-0.2, 0) is 10.0 Å². The summed E-state index contributed by atoms with van der Waals surface area (Å²) in [5.74, 6) is -0.126. The normalized spacial score (nSPS) is 23.8. The Morgan fingerprint density at radius 1 is 1.30 bits per heavy atom. The molecule has 1 aromatic carbocycles. The summed E-state index contributed by atoms with van der Waals surface area (Å²) in [6, 6.07) is 2.38. The number of hydrogen-bond donors (Lipinski definition) is 2. The molecule has 6 heteroatoms. The maximum Gasteiger partial charge on any atom is 0.241 e. The molecule has 0 aliphatic carbocycles. The fourth-order valence-electron chi connectivity index (χ4n) is 2.73. The van der Waals surface area contributed by atoms with Crippen molar-refractivity contribution >= 4 is 10.0 Å². The second-order valence-corrected chi connectivity index (χ2v) is 7.22. The molecule has 0 aromatic heterocycles. The highest BCUT2D eigenvalue weighted by atomic mass is 32.2. The molecule has 1 saturated heterocycles. The number of halogens is 1. The molecule has 4 nitrogen and oxygen atoms in total. The largest absolute Gasteiger partial charge is 0.315 e. The van der Waals surface area contributed by atoms with E-state index in [1.54, 1.807) is 13.8 Å². The number of hydrogen-bond acceptors (Lipinski definition) is 3. The molecule has 2 N–H and O–H groups in total. The van der Waals surface area contributed by atoms with Gasteiger partial charge in [-0.05, 0) is 56.0 Å². The van der Waals surface area contributed by atoms with Gasteiger partial charge in [0.1, 0.15) is 5.82 Å². The van der Waals surface area contributed by atoms with Gasteiger partial charge in [-0.25, -0.2) is 17.5 Å². The van der Waals surface area contributed by atoms with Gasteiger partial charge in [0.25, 0.3) is 0 Å². The van der Waals surface area contributed by atoms with Gasteiger partial charge in [0.15, 0.2) is 0 Å². The predicted molar refractivity (Wildman–Crippen MR) is 76.6 cm³/mol. The van der Waals surface area contributed by atoms with Gasteiger partial charge in [0.05, 0.1) is 4.90 Å². The van der Waals surface area contributed by atoms with Crippen molar-refractivity contribution in [1.29, 1.82) is 0 Å². The summed E-state index contributed by atoms with van der Waals surface area (Å²) in [5, 5.41) is 3.19. The van der Waals surface area contributed by atoms with E-state index >= 15 is 0 Å². The lowest BCUT2D eigenvalue weighted by atomic mass is 9.96. The van der Waals surface area contributed by atoms with E-state index in [1.807, 2.05) is 6.92 Å². The number of benzene rings is 1. The Hall–Kier alpha value is -0.980. The Morgan fingerprint density at radius 2 is 1.90 bits per heavy atom. The number of rotatable bonds is 3. The van der Waals surface area contributed by atoms with Gasteiger partial charge in [-0.3, -0.25) is 0 Å². The van der Waals surface area contributed by atoms with Gasteiger partial charge < -0.3 is 5.32 Å². The molecule has 1 aliphatic heterocycles. The quantitative estimate of drug-likeness (QED) is 0.893. The first-order valence-electron chi connectivity index (χ1n) is 6.81. The number of aryl methyl sites for hydroxylation is 2. The summed E-state index contributed by atoms with van der Waals surface area (Å²) < 4.78 is 41.1. The SMILES string of the molecule is Cc1cc(F)cc(C)c1S(=O)(=O)NC1CNCCC1C. The van der Waals surface area contributed by atoms with Crippen molar-refractivity contribution in [1.82, 2.24) is 10.0 Å². The summed E-state index contributed by atoms with van der Waals surface area (Å²) in [4.78, 5) is 0.191. The Balaban J connectivity index is 2.31. The van der Waals surface area contributed by atoms with Crippen LogP contribution >= 0.6 is 0 Å². The Labute approximate surface area is 119 Å². The van der Waals surface area contributed by atoms with Gasteiger partial charge in [0.2, 0.25) is 10.0 Å². The van der Waals surface area contributed by atoms with Gasteiger partial charge >= 0.3 is 0 Å². The molecule has 20 heavy (non-hydrogen) atoms. The molecule has 1 fully saturated rings. The van der Waals surface area contributed by atoms with Crippen LogP contribution in [0.4, 0.5) is 4.39 Å². The van der Waals surface area contributed by atoms with Crippen LogP contribution in [0.3, 0.4) is 0 Å². The summed E-state index contributed by atoms with van der Waals surface area (Å²) in [6.45, 7) is 6.81. The van der Waals surface area contributed by atoms with Crippen LogP contribution in [0.2, 0.25) is 0 Å². The molecule has 0 saturated carbocycles. The molecule has 1 aliphatic rings. The molecule has 1 heterocycles. The highest BCUT2D eigenvalue weighted by Crippen LogP contribution is 2.23. The van der Waals surface area contributed by atoms with Crippen molar-refractivity contribution < 1.29 is 12.8 Å². The number of sulfonamides is 1. The lowest BCUT2D eigenvalue weighted by molar-refractivity contribution is 0.327. The van der Waals surface area contributed by atoms with E-state index in [2.05, 4.69) is 10.0 Å². The van der Waals surface area contributed by atoms with Crippen molar-refractivity contribution in [3.05, 3.63) is 29.1 Å². The minimum Gasteiger partial charge on any atom is -0.315 e. The van der Waals surface area contributed by atoms with Crippen molar-refractivity contribution in [3.8, 4) is 0 Å². The lowest BCUT2D eigenvalue weighted by Crippen LogP contribution is -2.50. The fraction of sp³-hybridized carbons (Fsp3) is 0.571. The highest BCUT2D eigenvalue weighted by Gasteiger charge is 2.28. The van der Waals surface area contributed by atoms with Crippen LogP contribution in [0.15, 0.2) is 17.0 Å². The van der Waals surface area contributed by atoms with E-state index in [0.717, 1.165) is 13.0 Å². The minimum atomic E-state index is -3.63. The van der Waals surface area contributed by atoms with Gasteiger partial charge in [-0.1, -0.05) is 6.92 Å². The summed E-state index contributed by atoms with van der Waals surface area (Å²) in [6.07, 6.45) is 0.939. The third-order valence-corrected chi connectivity index (χ3v) is 5.62. The molecular weight excluding hydrogens is 279 g/mol. The summed E-state index contributed by atoms with van der Waals surface area (Å²) in [7, 11) is -3.63. The van der Waals surface area contributed by atoms with Crippen LogP contribution in [0, 0.1) is 25.6 Å². The Kier molecular flexibility index (Phi) is 4.46. The molecule has 2 rings (SSSR count). The molecule has 112 valence electrons. The third kappa shape index (κ3) is 3.19. The van der Waals surface area contributed by atoms with E-state index < -0.39 is 15.8 Å². The fourth-order valence-corrected chi connectivity index (χ4v) is 4.52. The first-order chi connectivity index (χ1) is 9.31. The van der Waals surface area contributed by atoms with Crippen molar-refractivity contribution in [3.63, 3.8) is 0 Å². The Bertz CT molecular complexity index is 578. The predicted octanol–water partition coefficient (Wildman–Crippen LogP) is 1.72. The van der Waals surface area contributed by atoms with Crippen LogP contribution in [0.25, 0.3) is 0 Å². The van der Waals surface area contributed by atoms with Crippen LogP contribution < -0.4 is 10.0 Å². The topological polar surface area (TPSA) is 58.2 Å². The smallest absolute Gasteiger partial charge is 0.241 e. The van der Waals surface area contributed by atoms with E-state index in [0.29, 0.717) is 17.7 Å². The molecule has 2 unspecified atom stereocenters. The molecule has 0 amide bonds. The van der Waals surface area contributed by atoms with Gasteiger partial charge in [-0.15, -0.1) is 0 Å². The van der Waals surface area contributed by atoms with E-state index in [4.69, 9.17) is 0 Å². The average Bonchev–Trinajstić information content (AvgIpc) is 2.30. The molecule has 2 atom stereocenters. The zero-order valence-corrected chi connectivity index (χ0v) is 12.8. The maximum atomic E-state index is 13.3. The highest BCUT2D eigenvalue weighted by molar-refractivity contribution is 7.89. The number of nitrogens with one attached hydrogen (secondary N) is 2. The molecular formula is C14H21FN2O2S. The molecule has 0 radical (unpaired) electrons. The molecule has 0 bridgehead atoms. The zero-order chi connectivity index (χ0) is 14.9. The average molecular weight is 300 g/mol. The zero-order valence-electron chi connectivity index (χ0n) is 12.0. The summed E-state index contributed by atoms with van der Waals surface area (Å²) in [5.41, 5.74) is 0.873. The first-order valence-corrected chi connectivity index (χ1v) is 8.29. The van der Waals surface area contributed by atoms with Gasteiger partial charge in [0, 0.05) is 12.6 Å². The molecule has 0 spiro atoms. The van der Waals surface area contributed by atoms with E-state index in [1.165, 1.54) is 12.1 Å². The van der Waals surface area contributed by atoms with Crippen molar-refractivity contribution in [2.45, 2.75) is 38.1 Å². The maximum absolute atomic E-state index is 13.3. The second kappa shape index (κ2) is 5.79. The third-order valence-electron chi connectivity index (χ3n) is 3.83. The second-order valence-electron chi connectivity index (χ2n) is 5.57. The first kappa shape index (κ1) is 15.4. The van der Waals surface area contributed by atoms with Crippen LogP contribution in [0.1, 0.15) is 24.5 Å².